The number of carbonyl (C=O) groups is 1. The van der Waals surface area contributed by atoms with Gasteiger partial charge in [-0.3, -0.25) is 4.79 Å². The van der Waals surface area contributed by atoms with Gasteiger partial charge in [-0.2, -0.15) is 0 Å². The molecule has 1 amide bonds. The summed E-state index contributed by atoms with van der Waals surface area (Å²) in [6.45, 7) is 2.86. The molecule has 0 saturated heterocycles. The molecule has 2 rings (SSSR count). The van der Waals surface area contributed by atoms with Crippen LogP contribution in [0.3, 0.4) is 0 Å². The normalized spacial score (nSPS) is 15.9. The summed E-state index contributed by atoms with van der Waals surface area (Å²) in [6.07, 6.45) is 3.30. The molecule has 0 spiro atoms. The van der Waals surface area contributed by atoms with E-state index >= 15 is 0 Å². The van der Waals surface area contributed by atoms with Gasteiger partial charge in [-0.15, -0.1) is 0 Å². The highest BCUT2D eigenvalue weighted by molar-refractivity contribution is 5.77. The fourth-order valence-corrected chi connectivity index (χ4v) is 1.91. The maximum Gasteiger partial charge on any atom is 0.257 e. The topological polar surface area (TPSA) is 64.3 Å². The number of nitrogens with one attached hydrogen (secondary N) is 1. The first-order valence-corrected chi connectivity index (χ1v) is 6.94. The zero-order valence-corrected chi connectivity index (χ0v) is 11.4. The highest BCUT2D eigenvalue weighted by Gasteiger charge is 2.21. The quantitative estimate of drug-likeness (QED) is 0.790. The summed E-state index contributed by atoms with van der Waals surface area (Å²) in [5, 5.41) is 2.88. The van der Waals surface area contributed by atoms with E-state index < -0.39 is 0 Å². The molecule has 0 unspecified atom stereocenters. The van der Waals surface area contributed by atoms with Gasteiger partial charge in [0.15, 0.2) is 6.61 Å². The fourth-order valence-electron chi connectivity index (χ4n) is 1.91. The third-order valence-corrected chi connectivity index (χ3v) is 3.40. The van der Waals surface area contributed by atoms with Gasteiger partial charge in [0.05, 0.1) is 0 Å². The van der Waals surface area contributed by atoms with E-state index in [4.69, 9.17) is 10.5 Å². The van der Waals surface area contributed by atoms with E-state index in [0.29, 0.717) is 11.7 Å². The minimum atomic E-state index is -0.0632. The highest BCUT2D eigenvalue weighted by Crippen LogP contribution is 2.27. The molecule has 0 heterocycles. The molecule has 4 nitrogen and oxygen atoms in total. The maximum atomic E-state index is 11.6. The van der Waals surface area contributed by atoms with E-state index in [1.807, 2.05) is 31.2 Å². The van der Waals surface area contributed by atoms with Crippen molar-refractivity contribution in [2.75, 3.05) is 13.2 Å². The molecule has 0 aliphatic heterocycles. The number of amides is 1. The summed E-state index contributed by atoms with van der Waals surface area (Å²) in [5.74, 6) is 1.33. The first-order chi connectivity index (χ1) is 9.20. The van der Waals surface area contributed by atoms with Gasteiger partial charge >= 0.3 is 0 Å². The Bertz CT molecular complexity index is 430. The van der Waals surface area contributed by atoms with Gasteiger partial charge in [0.25, 0.3) is 5.91 Å². The Morgan fingerprint density at radius 3 is 2.89 bits per heavy atom. The minimum absolute atomic E-state index is 0.0503. The minimum Gasteiger partial charge on any atom is -0.483 e. The molecule has 1 aliphatic carbocycles. The van der Waals surface area contributed by atoms with Crippen LogP contribution in [0.4, 0.5) is 0 Å². The van der Waals surface area contributed by atoms with Gasteiger partial charge in [-0.1, -0.05) is 25.1 Å². The van der Waals surface area contributed by atoms with Gasteiger partial charge in [0.1, 0.15) is 5.75 Å². The van der Waals surface area contributed by atoms with Crippen LogP contribution in [-0.2, 0) is 4.79 Å². The van der Waals surface area contributed by atoms with Crippen LogP contribution >= 0.6 is 0 Å². The van der Waals surface area contributed by atoms with E-state index in [1.165, 1.54) is 12.8 Å². The van der Waals surface area contributed by atoms with Crippen molar-refractivity contribution in [3.63, 3.8) is 0 Å². The number of hydrogen-bond donors (Lipinski definition) is 2. The Balaban J connectivity index is 1.85. The lowest BCUT2D eigenvalue weighted by Crippen LogP contribution is -2.30. The summed E-state index contributed by atoms with van der Waals surface area (Å²) in [5.41, 5.74) is 6.99. The summed E-state index contributed by atoms with van der Waals surface area (Å²) in [7, 11) is 0. The van der Waals surface area contributed by atoms with Gasteiger partial charge in [-0.05, 0) is 31.2 Å². The maximum absolute atomic E-state index is 11.6. The number of benzene rings is 1. The average molecular weight is 262 g/mol. The molecular formula is C15H22N2O2. The van der Waals surface area contributed by atoms with Crippen LogP contribution in [0, 0.1) is 5.92 Å². The first-order valence-electron chi connectivity index (χ1n) is 6.94. The molecule has 0 radical (unpaired) electrons. The molecule has 1 aromatic carbocycles. The van der Waals surface area contributed by atoms with Crippen molar-refractivity contribution in [3.8, 4) is 5.75 Å². The number of nitrogens with two attached hydrogens (primary N) is 1. The number of ether oxygens (including phenoxy) is 1. The van der Waals surface area contributed by atoms with Crippen LogP contribution in [0.15, 0.2) is 24.3 Å². The van der Waals surface area contributed by atoms with Gasteiger partial charge < -0.3 is 15.8 Å². The van der Waals surface area contributed by atoms with Crippen LogP contribution in [0.25, 0.3) is 0 Å². The molecule has 1 saturated carbocycles. The average Bonchev–Trinajstić information content (AvgIpc) is 3.26. The van der Waals surface area contributed by atoms with Crippen LogP contribution in [0.5, 0.6) is 5.75 Å². The van der Waals surface area contributed by atoms with E-state index in [9.17, 15) is 4.79 Å². The van der Waals surface area contributed by atoms with Crippen LogP contribution in [0.2, 0.25) is 0 Å². The lowest BCUT2D eigenvalue weighted by Gasteiger charge is -2.15. The standard InChI is InChI=1S/C15H22N2O2/c1-2-13(16)12-5-3-4-6-14(12)19-10-15(18)17-9-11-7-8-11/h3-6,11,13H,2,7-10,16H2,1H3,(H,17,18)/t13-/m0/s1. The molecule has 3 N–H and O–H groups in total. The summed E-state index contributed by atoms with van der Waals surface area (Å²) >= 11 is 0. The van der Waals surface area contributed by atoms with Gasteiger partial charge in [-0.25, -0.2) is 0 Å². The Labute approximate surface area is 114 Å². The Kier molecular flexibility index (Phi) is 4.80. The largest absolute Gasteiger partial charge is 0.483 e. The van der Waals surface area contributed by atoms with Crippen molar-refractivity contribution in [1.29, 1.82) is 0 Å². The molecule has 1 aromatic rings. The third-order valence-electron chi connectivity index (χ3n) is 3.40. The number of hydrogen-bond acceptors (Lipinski definition) is 3. The van der Waals surface area contributed by atoms with Crippen molar-refractivity contribution in [2.45, 2.75) is 32.2 Å². The molecule has 19 heavy (non-hydrogen) atoms. The van der Waals surface area contributed by atoms with Crippen LogP contribution in [-0.4, -0.2) is 19.1 Å². The molecule has 1 aliphatic rings. The summed E-state index contributed by atoms with van der Waals surface area (Å²) in [6, 6.07) is 7.59. The zero-order chi connectivity index (χ0) is 13.7. The summed E-state index contributed by atoms with van der Waals surface area (Å²) in [4.78, 5) is 11.6. The summed E-state index contributed by atoms with van der Waals surface area (Å²) < 4.78 is 5.58. The Morgan fingerprint density at radius 2 is 2.21 bits per heavy atom. The molecule has 4 heteroatoms. The first kappa shape index (κ1) is 13.9. The van der Waals surface area contributed by atoms with Crippen molar-refractivity contribution >= 4 is 5.91 Å². The molecule has 1 fully saturated rings. The molecule has 104 valence electrons. The predicted octanol–water partition coefficient (Wildman–Crippen LogP) is 2.00. The Morgan fingerprint density at radius 1 is 1.47 bits per heavy atom. The van der Waals surface area contributed by atoms with Crippen molar-refractivity contribution < 1.29 is 9.53 Å². The van der Waals surface area contributed by atoms with E-state index in [-0.39, 0.29) is 18.6 Å². The molecular weight excluding hydrogens is 240 g/mol. The number of carbonyl (C=O) groups excluding carboxylic acids is 1. The number of rotatable bonds is 7. The molecule has 1 atom stereocenters. The Hall–Kier alpha value is -1.55. The number of para-hydroxylation sites is 1. The highest BCUT2D eigenvalue weighted by atomic mass is 16.5. The van der Waals surface area contributed by atoms with Crippen molar-refractivity contribution in [1.82, 2.24) is 5.32 Å². The fraction of sp³-hybridized carbons (Fsp3) is 0.533. The zero-order valence-electron chi connectivity index (χ0n) is 11.4. The van der Waals surface area contributed by atoms with Crippen molar-refractivity contribution in [2.24, 2.45) is 11.7 Å². The second-order valence-electron chi connectivity index (χ2n) is 5.09. The molecule has 0 bridgehead atoms. The van der Waals surface area contributed by atoms with Gasteiger partial charge in [0, 0.05) is 18.2 Å². The van der Waals surface area contributed by atoms with Crippen LogP contribution < -0.4 is 15.8 Å². The smallest absolute Gasteiger partial charge is 0.257 e. The van der Waals surface area contributed by atoms with Gasteiger partial charge in [0.2, 0.25) is 0 Å². The lowest BCUT2D eigenvalue weighted by atomic mass is 10.0. The predicted molar refractivity (Wildman–Crippen MR) is 74.9 cm³/mol. The molecule has 0 aromatic heterocycles. The second kappa shape index (κ2) is 6.57. The van der Waals surface area contributed by atoms with Crippen molar-refractivity contribution in [3.05, 3.63) is 29.8 Å². The van der Waals surface area contributed by atoms with E-state index in [0.717, 1.165) is 18.5 Å². The third kappa shape index (κ3) is 4.24. The van der Waals surface area contributed by atoms with Crippen LogP contribution in [0.1, 0.15) is 37.8 Å². The van der Waals surface area contributed by atoms with E-state index in [1.54, 1.807) is 0 Å². The van der Waals surface area contributed by atoms with E-state index in [2.05, 4.69) is 5.32 Å². The lowest BCUT2D eigenvalue weighted by molar-refractivity contribution is -0.123. The second-order valence-corrected chi connectivity index (χ2v) is 5.09. The monoisotopic (exact) mass is 262 g/mol. The SMILES string of the molecule is CC[C@H](N)c1ccccc1OCC(=O)NCC1CC1.